The van der Waals surface area contributed by atoms with Gasteiger partial charge in [0.05, 0.1) is 5.02 Å². The minimum Gasteiger partial charge on any atom is -0.358 e. The highest BCUT2D eigenvalue weighted by Crippen LogP contribution is 2.29. The average molecular weight is 235 g/mol. The smallest absolute Gasteiger partial charge is 0.358 e. The van der Waals surface area contributed by atoms with Crippen molar-refractivity contribution in [1.29, 1.82) is 0 Å². The molecule has 0 atom stereocenters. The van der Waals surface area contributed by atoms with Crippen LogP contribution in [0.1, 0.15) is 0 Å². The zero-order chi connectivity index (χ0) is 11.5. The second-order valence-electron chi connectivity index (χ2n) is 3.15. The SMILES string of the molecule is O=[N+]([O-])c1cc(-c2ccccc2)c(Cl)cn1. The van der Waals surface area contributed by atoms with Gasteiger partial charge < -0.3 is 10.1 Å². The molecule has 0 aliphatic carbocycles. The van der Waals surface area contributed by atoms with Crippen molar-refractivity contribution in [2.45, 2.75) is 0 Å². The third kappa shape index (κ3) is 2.01. The summed E-state index contributed by atoms with van der Waals surface area (Å²) >= 11 is 5.95. The first-order valence-corrected chi connectivity index (χ1v) is 4.91. The Morgan fingerprint density at radius 2 is 1.94 bits per heavy atom. The predicted octanol–water partition coefficient (Wildman–Crippen LogP) is 3.31. The summed E-state index contributed by atoms with van der Waals surface area (Å²) in [6.07, 6.45) is 1.29. The van der Waals surface area contributed by atoms with E-state index in [-0.39, 0.29) is 5.82 Å². The van der Waals surface area contributed by atoms with Gasteiger partial charge in [0.15, 0.2) is 6.20 Å². The Labute approximate surface area is 96.7 Å². The first-order chi connectivity index (χ1) is 7.68. The van der Waals surface area contributed by atoms with Gasteiger partial charge >= 0.3 is 5.82 Å². The van der Waals surface area contributed by atoms with Crippen LogP contribution in [0.5, 0.6) is 0 Å². The molecule has 5 heteroatoms. The number of nitrogens with zero attached hydrogens (tertiary/aromatic N) is 2. The fourth-order valence-electron chi connectivity index (χ4n) is 1.37. The van der Waals surface area contributed by atoms with Gasteiger partial charge in [-0.15, -0.1) is 0 Å². The van der Waals surface area contributed by atoms with E-state index >= 15 is 0 Å². The van der Waals surface area contributed by atoms with Gasteiger partial charge in [0.2, 0.25) is 0 Å². The fraction of sp³-hybridized carbons (Fsp3) is 0. The van der Waals surface area contributed by atoms with Crippen LogP contribution >= 0.6 is 11.6 Å². The molecule has 0 saturated heterocycles. The van der Waals surface area contributed by atoms with Crippen molar-refractivity contribution in [1.82, 2.24) is 4.98 Å². The Kier molecular flexibility index (Phi) is 2.83. The second-order valence-corrected chi connectivity index (χ2v) is 3.55. The summed E-state index contributed by atoms with van der Waals surface area (Å²) in [5.41, 5.74) is 1.45. The maximum Gasteiger partial charge on any atom is 0.364 e. The summed E-state index contributed by atoms with van der Waals surface area (Å²) in [5, 5.41) is 11.0. The summed E-state index contributed by atoms with van der Waals surface area (Å²) in [6, 6.07) is 10.6. The quantitative estimate of drug-likeness (QED) is 0.592. The lowest BCUT2D eigenvalue weighted by Crippen LogP contribution is -1.92. The first kappa shape index (κ1) is 10.6. The molecule has 0 spiro atoms. The molecule has 0 saturated carbocycles. The lowest BCUT2D eigenvalue weighted by Gasteiger charge is -2.02. The van der Waals surface area contributed by atoms with Crippen LogP contribution in [0, 0.1) is 10.1 Å². The van der Waals surface area contributed by atoms with E-state index in [9.17, 15) is 10.1 Å². The van der Waals surface area contributed by atoms with Crippen molar-refractivity contribution in [3.8, 4) is 11.1 Å². The molecule has 0 unspecified atom stereocenters. The van der Waals surface area contributed by atoms with E-state index in [4.69, 9.17) is 11.6 Å². The molecule has 2 rings (SSSR count). The normalized spacial score (nSPS) is 10.1. The van der Waals surface area contributed by atoms with Crippen molar-refractivity contribution in [3.63, 3.8) is 0 Å². The van der Waals surface area contributed by atoms with Gasteiger partial charge in [-0.25, -0.2) is 0 Å². The van der Waals surface area contributed by atoms with Crippen LogP contribution in [-0.2, 0) is 0 Å². The third-order valence-electron chi connectivity index (χ3n) is 2.11. The van der Waals surface area contributed by atoms with Crippen LogP contribution in [0.3, 0.4) is 0 Å². The predicted molar refractivity (Wildman–Crippen MR) is 61.3 cm³/mol. The minimum atomic E-state index is -0.539. The largest absolute Gasteiger partial charge is 0.364 e. The van der Waals surface area contributed by atoms with E-state index in [1.807, 2.05) is 30.3 Å². The summed E-state index contributed by atoms with van der Waals surface area (Å²) in [6.45, 7) is 0. The van der Waals surface area contributed by atoms with E-state index in [2.05, 4.69) is 4.98 Å². The molecule has 16 heavy (non-hydrogen) atoms. The highest BCUT2D eigenvalue weighted by atomic mass is 35.5. The van der Waals surface area contributed by atoms with Gasteiger partial charge in [-0.2, -0.15) is 0 Å². The highest BCUT2D eigenvalue weighted by Gasteiger charge is 2.12. The van der Waals surface area contributed by atoms with E-state index in [0.29, 0.717) is 10.6 Å². The van der Waals surface area contributed by atoms with Crippen LogP contribution in [0.25, 0.3) is 11.1 Å². The lowest BCUT2D eigenvalue weighted by molar-refractivity contribution is -0.389. The molecule has 0 amide bonds. The van der Waals surface area contributed by atoms with E-state index < -0.39 is 4.92 Å². The molecule has 0 aliphatic heterocycles. The van der Waals surface area contributed by atoms with Crippen LogP contribution in [-0.4, -0.2) is 9.91 Å². The third-order valence-corrected chi connectivity index (χ3v) is 2.41. The van der Waals surface area contributed by atoms with E-state index in [0.717, 1.165) is 5.56 Å². The van der Waals surface area contributed by atoms with Gasteiger partial charge in [-0.3, -0.25) is 0 Å². The maximum atomic E-state index is 10.6. The summed E-state index contributed by atoms with van der Waals surface area (Å²) in [5.74, 6) is -0.205. The summed E-state index contributed by atoms with van der Waals surface area (Å²) in [4.78, 5) is 13.7. The number of benzene rings is 1. The molecule has 4 nitrogen and oxygen atoms in total. The van der Waals surface area contributed by atoms with Crippen LogP contribution < -0.4 is 0 Å². The van der Waals surface area contributed by atoms with Crippen molar-refractivity contribution < 1.29 is 4.92 Å². The van der Waals surface area contributed by atoms with Crippen molar-refractivity contribution in [2.24, 2.45) is 0 Å². The standard InChI is InChI=1S/C11H7ClN2O2/c12-10-7-13-11(14(15)16)6-9(10)8-4-2-1-3-5-8/h1-7H. The Balaban J connectivity index is 2.56. The minimum absolute atomic E-state index is 0.205. The first-order valence-electron chi connectivity index (χ1n) is 4.54. The van der Waals surface area contributed by atoms with Gasteiger partial charge in [0.1, 0.15) is 0 Å². The zero-order valence-electron chi connectivity index (χ0n) is 8.13. The number of rotatable bonds is 2. The van der Waals surface area contributed by atoms with Crippen molar-refractivity contribution >= 4 is 17.4 Å². The summed E-state index contributed by atoms with van der Waals surface area (Å²) < 4.78 is 0. The molecular weight excluding hydrogens is 228 g/mol. The maximum absolute atomic E-state index is 10.6. The Bertz CT molecular complexity index is 529. The van der Waals surface area contributed by atoms with Gasteiger partial charge in [0.25, 0.3) is 0 Å². The molecule has 1 heterocycles. The number of hydrogen-bond donors (Lipinski definition) is 0. The molecule has 1 aromatic carbocycles. The monoisotopic (exact) mass is 234 g/mol. The fourth-order valence-corrected chi connectivity index (χ4v) is 1.58. The molecular formula is C11H7ClN2O2. The summed E-state index contributed by atoms with van der Waals surface area (Å²) in [7, 11) is 0. The average Bonchev–Trinajstić information content (AvgIpc) is 2.30. The van der Waals surface area contributed by atoms with E-state index in [1.54, 1.807) is 0 Å². The van der Waals surface area contributed by atoms with Crippen molar-refractivity contribution in [3.05, 3.63) is 57.7 Å². The highest BCUT2D eigenvalue weighted by molar-refractivity contribution is 6.33. The number of halogens is 1. The molecule has 0 fully saturated rings. The lowest BCUT2D eigenvalue weighted by atomic mass is 10.1. The van der Waals surface area contributed by atoms with E-state index in [1.165, 1.54) is 12.3 Å². The Morgan fingerprint density at radius 1 is 1.25 bits per heavy atom. The molecule has 0 bridgehead atoms. The van der Waals surface area contributed by atoms with Gasteiger partial charge in [-0.05, 0) is 15.5 Å². The molecule has 80 valence electrons. The number of nitro groups is 1. The topological polar surface area (TPSA) is 56.0 Å². The molecule has 0 N–H and O–H groups in total. The number of pyridine rings is 1. The van der Waals surface area contributed by atoms with Crippen LogP contribution in [0.4, 0.5) is 5.82 Å². The van der Waals surface area contributed by atoms with Crippen LogP contribution in [0.2, 0.25) is 5.02 Å². The zero-order valence-corrected chi connectivity index (χ0v) is 8.89. The second kappa shape index (κ2) is 4.28. The number of aromatic nitrogens is 1. The van der Waals surface area contributed by atoms with Gasteiger partial charge in [0, 0.05) is 11.6 Å². The number of hydrogen-bond acceptors (Lipinski definition) is 3. The molecule has 1 aromatic heterocycles. The molecule has 0 radical (unpaired) electrons. The Hall–Kier alpha value is -1.94. The molecule has 0 aliphatic rings. The molecule has 2 aromatic rings. The Morgan fingerprint density at radius 3 is 2.56 bits per heavy atom. The van der Waals surface area contributed by atoms with Crippen molar-refractivity contribution in [2.75, 3.05) is 0 Å². The van der Waals surface area contributed by atoms with Crippen LogP contribution in [0.15, 0.2) is 42.6 Å². The van der Waals surface area contributed by atoms with Gasteiger partial charge in [-0.1, -0.05) is 41.9 Å².